The molecule has 2 aliphatic heterocycles. The van der Waals surface area contributed by atoms with E-state index in [-0.39, 0.29) is 23.1 Å². The van der Waals surface area contributed by atoms with Crippen LogP contribution in [0.4, 0.5) is 18.9 Å². The van der Waals surface area contributed by atoms with Gasteiger partial charge in [-0.3, -0.25) is 19.3 Å². The van der Waals surface area contributed by atoms with Crippen molar-refractivity contribution < 1.29 is 27.6 Å². The van der Waals surface area contributed by atoms with Gasteiger partial charge in [-0.2, -0.15) is 18.4 Å². The lowest BCUT2D eigenvalue weighted by atomic mass is 10.1. The molecule has 0 bridgehead atoms. The molecule has 0 spiro atoms. The van der Waals surface area contributed by atoms with Crippen molar-refractivity contribution in [1.29, 1.82) is 5.26 Å². The molecular formula is C24H25F3N4O3. The van der Waals surface area contributed by atoms with Gasteiger partial charge in [-0.25, -0.2) is 4.90 Å². The van der Waals surface area contributed by atoms with Gasteiger partial charge in [-0.05, 0) is 57.4 Å². The quantitative estimate of drug-likeness (QED) is 0.592. The van der Waals surface area contributed by atoms with E-state index in [1.807, 2.05) is 4.90 Å². The highest BCUT2D eigenvalue weighted by atomic mass is 19.4. The Hall–Kier alpha value is -3.19. The number of imide groups is 1. The summed E-state index contributed by atoms with van der Waals surface area (Å²) in [6, 6.07) is 4.32. The fourth-order valence-electron chi connectivity index (χ4n) is 4.48. The normalized spacial score (nSPS) is 19.7. The minimum Gasteiger partial charge on any atom is -0.340 e. The average Bonchev–Trinajstić information content (AvgIpc) is 3.63. The predicted molar refractivity (Wildman–Crippen MR) is 116 cm³/mol. The molecule has 0 aromatic heterocycles. The van der Waals surface area contributed by atoms with Crippen molar-refractivity contribution >= 4 is 23.4 Å². The molecule has 1 aromatic rings. The molecule has 3 amide bonds. The van der Waals surface area contributed by atoms with Crippen LogP contribution >= 0.6 is 0 Å². The summed E-state index contributed by atoms with van der Waals surface area (Å²) >= 11 is 0. The fraction of sp³-hybridized carbons (Fsp3) is 0.500. The number of hydrogen-bond donors (Lipinski definition) is 0. The summed E-state index contributed by atoms with van der Waals surface area (Å²) in [6.07, 6.45) is -1.88. The number of amides is 3. The minimum atomic E-state index is -4.79. The van der Waals surface area contributed by atoms with Crippen molar-refractivity contribution in [2.45, 2.75) is 38.8 Å². The molecule has 180 valence electrons. The van der Waals surface area contributed by atoms with Crippen LogP contribution in [0.25, 0.3) is 0 Å². The van der Waals surface area contributed by atoms with E-state index in [2.05, 4.69) is 4.90 Å². The fourth-order valence-corrected chi connectivity index (χ4v) is 4.48. The lowest BCUT2D eigenvalue weighted by Gasteiger charge is -2.34. The molecule has 1 aromatic carbocycles. The van der Waals surface area contributed by atoms with Gasteiger partial charge in [0.15, 0.2) is 0 Å². The highest BCUT2D eigenvalue weighted by molar-refractivity contribution is 6.32. The zero-order valence-corrected chi connectivity index (χ0v) is 18.8. The summed E-state index contributed by atoms with van der Waals surface area (Å²) < 4.78 is 40.0. The molecule has 2 fully saturated rings. The Morgan fingerprint density at radius 2 is 1.79 bits per heavy atom. The van der Waals surface area contributed by atoms with Crippen LogP contribution in [-0.2, 0) is 20.6 Å². The van der Waals surface area contributed by atoms with Crippen LogP contribution in [0.2, 0.25) is 0 Å². The van der Waals surface area contributed by atoms with Gasteiger partial charge in [0.05, 0.1) is 22.9 Å². The summed E-state index contributed by atoms with van der Waals surface area (Å²) in [5.41, 5.74) is -1.43. The van der Waals surface area contributed by atoms with Crippen molar-refractivity contribution in [3.05, 3.63) is 40.5 Å². The van der Waals surface area contributed by atoms with Crippen LogP contribution in [0.1, 0.15) is 43.7 Å². The first-order valence-corrected chi connectivity index (χ1v) is 11.3. The largest absolute Gasteiger partial charge is 0.417 e. The molecule has 0 N–H and O–H groups in total. The van der Waals surface area contributed by atoms with Gasteiger partial charge in [-0.1, -0.05) is 0 Å². The molecule has 1 saturated heterocycles. The first kappa shape index (κ1) is 24.0. The van der Waals surface area contributed by atoms with E-state index in [1.165, 1.54) is 19.1 Å². The van der Waals surface area contributed by atoms with Gasteiger partial charge in [0.25, 0.3) is 11.8 Å². The van der Waals surface area contributed by atoms with E-state index in [1.54, 1.807) is 0 Å². The lowest BCUT2D eigenvalue weighted by Crippen LogP contribution is -2.49. The molecule has 34 heavy (non-hydrogen) atoms. The van der Waals surface area contributed by atoms with Crippen LogP contribution in [0, 0.1) is 17.2 Å². The topological polar surface area (TPSA) is 84.7 Å². The molecule has 0 radical (unpaired) electrons. The zero-order valence-electron chi connectivity index (χ0n) is 18.8. The molecule has 1 saturated carbocycles. The maximum atomic E-state index is 13.3. The van der Waals surface area contributed by atoms with Crippen LogP contribution in [-0.4, -0.2) is 60.2 Å². The third-order valence-corrected chi connectivity index (χ3v) is 6.64. The van der Waals surface area contributed by atoms with Gasteiger partial charge in [0.2, 0.25) is 5.91 Å². The molecule has 0 unspecified atom stereocenters. The van der Waals surface area contributed by atoms with Gasteiger partial charge < -0.3 is 4.90 Å². The van der Waals surface area contributed by atoms with Crippen molar-refractivity contribution in [2.24, 2.45) is 5.92 Å². The molecule has 4 rings (SSSR count). The Kier molecular flexibility index (Phi) is 6.49. The van der Waals surface area contributed by atoms with E-state index in [9.17, 15) is 27.6 Å². The maximum Gasteiger partial charge on any atom is 0.417 e. The summed E-state index contributed by atoms with van der Waals surface area (Å²) in [5, 5.41) is 8.97. The van der Waals surface area contributed by atoms with E-state index in [4.69, 9.17) is 5.26 Å². The highest BCUT2D eigenvalue weighted by Gasteiger charge is 2.39. The van der Waals surface area contributed by atoms with E-state index in [0.717, 1.165) is 36.9 Å². The molecular weight excluding hydrogens is 449 g/mol. The SMILES string of the molecule is CC1=C(CCCN2CCN(C(=O)C3CC3)CC2)C(=O)N(c2ccc(C#N)c(C(F)(F)F)c2)C1=O. The smallest absolute Gasteiger partial charge is 0.340 e. The third kappa shape index (κ3) is 4.71. The van der Waals surface area contributed by atoms with Crippen molar-refractivity contribution in [3.63, 3.8) is 0 Å². The van der Waals surface area contributed by atoms with Crippen molar-refractivity contribution in [2.75, 3.05) is 37.6 Å². The van der Waals surface area contributed by atoms with Crippen molar-refractivity contribution in [1.82, 2.24) is 9.80 Å². The number of nitriles is 1. The summed E-state index contributed by atoms with van der Waals surface area (Å²) in [7, 11) is 0. The molecule has 1 aliphatic carbocycles. The first-order chi connectivity index (χ1) is 16.1. The number of hydrogen-bond acceptors (Lipinski definition) is 5. The minimum absolute atomic E-state index is 0.202. The highest BCUT2D eigenvalue weighted by Crippen LogP contribution is 2.37. The Labute approximate surface area is 195 Å². The van der Waals surface area contributed by atoms with Gasteiger partial charge in [0.1, 0.15) is 0 Å². The molecule has 7 nitrogen and oxygen atoms in total. The van der Waals surface area contributed by atoms with Crippen LogP contribution in [0.15, 0.2) is 29.3 Å². The number of benzene rings is 1. The lowest BCUT2D eigenvalue weighted by molar-refractivity contribution is -0.138. The Morgan fingerprint density at radius 1 is 1.12 bits per heavy atom. The molecule has 0 atom stereocenters. The van der Waals surface area contributed by atoms with E-state index in [0.29, 0.717) is 44.1 Å². The van der Waals surface area contributed by atoms with Gasteiger partial charge in [0, 0.05) is 43.2 Å². The Bertz CT molecular complexity index is 1090. The average molecular weight is 474 g/mol. The second kappa shape index (κ2) is 9.22. The number of carbonyl (C=O) groups excluding carboxylic acids is 3. The summed E-state index contributed by atoms with van der Waals surface area (Å²) in [5.74, 6) is -0.823. The Balaban J connectivity index is 1.36. The predicted octanol–water partition coefficient (Wildman–Crippen LogP) is 3.10. The molecule has 2 heterocycles. The number of nitrogens with zero attached hydrogens (tertiary/aromatic N) is 4. The number of piperazine rings is 1. The van der Waals surface area contributed by atoms with E-state index >= 15 is 0 Å². The van der Waals surface area contributed by atoms with Crippen molar-refractivity contribution in [3.8, 4) is 6.07 Å². The van der Waals surface area contributed by atoms with Crippen LogP contribution in [0.3, 0.4) is 0 Å². The molecule has 3 aliphatic rings. The Morgan fingerprint density at radius 3 is 2.38 bits per heavy atom. The van der Waals surface area contributed by atoms with Crippen LogP contribution in [0.5, 0.6) is 0 Å². The van der Waals surface area contributed by atoms with E-state index < -0.39 is 29.1 Å². The molecule has 10 heteroatoms. The van der Waals surface area contributed by atoms with Gasteiger partial charge in [-0.15, -0.1) is 0 Å². The zero-order chi connectivity index (χ0) is 24.6. The second-order valence-electron chi connectivity index (χ2n) is 8.93. The summed E-state index contributed by atoms with van der Waals surface area (Å²) in [6.45, 7) is 5.07. The van der Waals surface area contributed by atoms with Gasteiger partial charge >= 0.3 is 6.18 Å². The number of rotatable bonds is 6. The third-order valence-electron chi connectivity index (χ3n) is 6.64. The monoisotopic (exact) mass is 474 g/mol. The first-order valence-electron chi connectivity index (χ1n) is 11.3. The second-order valence-corrected chi connectivity index (χ2v) is 8.93. The van der Waals surface area contributed by atoms with Crippen LogP contribution < -0.4 is 4.90 Å². The number of carbonyl (C=O) groups is 3. The maximum absolute atomic E-state index is 13.3. The number of anilines is 1. The number of halogens is 3. The number of alkyl halides is 3. The standard InChI is InChI=1S/C24H25F3N4O3/c1-15-19(3-2-8-29-9-11-30(12-10-29)22(33)16-4-5-16)23(34)31(21(15)32)18-7-6-17(14-28)20(13-18)24(25,26)27/h6-7,13,16H,2-5,8-12H2,1H3. The summed E-state index contributed by atoms with van der Waals surface area (Å²) in [4.78, 5) is 42.7.